The van der Waals surface area contributed by atoms with Crippen molar-refractivity contribution >= 4 is 54.3 Å². The van der Waals surface area contributed by atoms with Crippen molar-refractivity contribution in [2.45, 2.75) is 0 Å². The summed E-state index contributed by atoms with van der Waals surface area (Å²) in [5.74, 6) is 0. The fourth-order valence-electron chi connectivity index (χ4n) is 4.00. The molecular weight excluding hydrogens is 316 g/mol. The summed E-state index contributed by atoms with van der Waals surface area (Å²) in [6.07, 6.45) is 1.86. The molecular formula is C24H14N2. The monoisotopic (exact) mass is 330 g/mol. The first-order valence-corrected chi connectivity index (χ1v) is 8.77. The van der Waals surface area contributed by atoms with Gasteiger partial charge in [0.2, 0.25) is 0 Å². The van der Waals surface area contributed by atoms with Crippen LogP contribution in [0.15, 0.2) is 85.1 Å². The van der Waals surface area contributed by atoms with Crippen LogP contribution in [0.2, 0.25) is 0 Å². The van der Waals surface area contributed by atoms with Crippen LogP contribution in [0.5, 0.6) is 0 Å². The van der Waals surface area contributed by atoms with Gasteiger partial charge in [-0.25, -0.2) is 4.98 Å². The quantitative estimate of drug-likeness (QED) is 0.243. The smallest absolute Gasteiger partial charge is 0.0810 e. The van der Waals surface area contributed by atoms with E-state index in [0.29, 0.717) is 0 Å². The molecule has 0 aliphatic carbocycles. The molecule has 26 heavy (non-hydrogen) atoms. The van der Waals surface area contributed by atoms with E-state index in [9.17, 15) is 0 Å². The van der Waals surface area contributed by atoms with E-state index in [1.165, 1.54) is 26.9 Å². The lowest BCUT2D eigenvalue weighted by Crippen LogP contribution is -1.89. The van der Waals surface area contributed by atoms with Crippen LogP contribution in [0.3, 0.4) is 0 Å². The Kier molecular flexibility index (Phi) is 2.64. The molecule has 2 aromatic heterocycles. The van der Waals surface area contributed by atoms with Crippen LogP contribution in [0.25, 0.3) is 54.3 Å². The van der Waals surface area contributed by atoms with Gasteiger partial charge in [0.15, 0.2) is 0 Å². The Bertz CT molecular complexity index is 1370. The molecule has 0 atom stereocenters. The predicted molar refractivity (Wildman–Crippen MR) is 110 cm³/mol. The zero-order valence-corrected chi connectivity index (χ0v) is 14.0. The predicted octanol–water partition coefficient (Wildman–Crippen LogP) is 6.24. The Morgan fingerprint density at radius 2 is 1.15 bits per heavy atom. The van der Waals surface area contributed by atoms with E-state index >= 15 is 0 Å². The van der Waals surface area contributed by atoms with Gasteiger partial charge in [0.25, 0.3) is 0 Å². The van der Waals surface area contributed by atoms with Crippen molar-refractivity contribution in [3.05, 3.63) is 85.1 Å². The lowest BCUT2D eigenvalue weighted by Gasteiger charge is -2.11. The van der Waals surface area contributed by atoms with E-state index in [-0.39, 0.29) is 0 Å². The van der Waals surface area contributed by atoms with Gasteiger partial charge >= 0.3 is 0 Å². The molecule has 0 unspecified atom stereocenters. The van der Waals surface area contributed by atoms with Gasteiger partial charge in [0.1, 0.15) is 0 Å². The first-order chi connectivity index (χ1) is 12.9. The van der Waals surface area contributed by atoms with E-state index in [4.69, 9.17) is 9.97 Å². The van der Waals surface area contributed by atoms with E-state index in [1.54, 1.807) is 0 Å². The van der Waals surface area contributed by atoms with Crippen molar-refractivity contribution in [1.82, 2.24) is 9.97 Å². The number of aromatic nitrogens is 2. The molecule has 0 amide bonds. The summed E-state index contributed by atoms with van der Waals surface area (Å²) in [4.78, 5) is 9.70. The van der Waals surface area contributed by atoms with Gasteiger partial charge in [-0.1, -0.05) is 42.5 Å². The number of rotatable bonds is 0. The minimum atomic E-state index is 1.02. The van der Waals surface area contributed by atoms with E-state index < -0.39 is 0 Å². The van der Waals surface area contributed by atoms with E-state index in [2.05, 4.69) is 66.7 Å². The number of hydrogen-bond donors (Lipinski definition) is 0. The van der Waals surface area contributed by atoms with Gasteiger partial charge in [0.05, 0.1) is 16.6 Å². The second kappa shape index (κ2) is 4.99. The average molecular weight is 330 g/mol. The van der Waals surface area contributed by atoms with Crippen LogP contribution in [0.1, 0.15) is 0 Å². The standard InChI is InChI=1S/C24H14N2/c1-2-7-16-13-20-19(12-15(16)6-1)21-14-17-8-3-4-10-22(17)26-24(21)18-9-5-11-25-23(18)20/h1-14H. The highest BCUT2D eigenvalue weighted by atomic mass is 14.7. The molecule has 2 heteroatoms. The average Bonchev–Trinajstić information content (AvgIpc) is 2.71. The molecule has 2 heterocycles. The van der Waals surface area contributed by atoms with Crippen molar-refractivity contribution in [3.8, 4) is 0 Å². The van der Waals surface area contributed by atoms with Crippen molar-refractivity contribution in [2.24, 2.45) is 0 Å². The van der Waals surface area contributed by atoms with Crippen LogP contribution < -0.4 is 0 Å². The zero-order chi connectivity index (χ0) is 17.1. The molecule has 0 N–H and O–H groups in total. The van der Waals surface area contributed by atoms with Crippen LogP contribution in [-0.4, -0.2) is 9.97 Å². The first kappa shape index (κ1) is 13.7. The van der Waals surface area contributed by atoms with Gasteiger partial charge < -0.3 is 0 Å². The highest BCUT2D eigenvalue weighted by molar-refractivity contribution is 6.26. The molecule has 0 saturated heterocycles. The number of nitrogens with zero attached hydrogens (tertiary/aromatic N) is 2. The second-order valence-corrected chi connectivity index (χ2v) is 6.72. The van der Waals surface area contributed by atoms with Crippen molar-refractivity contribution in [2.75, 3.05) is 0 Å². The molecule has 6 rings (SSSR count). The van der Waals surface area contributed by atoms with Gasteiger partial charge in [-0.3, -0.25) is 4.98 Å². The Balaban J connectivity index is 1.97. The Labute approximate surface area is 149 Å². The number of fused-ring (bicyclic) bond motifs is 8. The summed E-state index contributed by atoms with van der Waals surface area (Å²) < 4.78 is 0. The van der Waals surface area contributed by atoms with Gasteiger partial charge in [-0.2, -0.15) is 0 Å². The van der Waals surface area contributed by atoms with Crippen molar-refractivity contribution in [3.63, 3.8) is 0 Å². The molecule has 0 aliphatic rings. The molecule has 2 nitrogen and oxygen atoms in total. The third-order valence-electron chi connectivity index (χ3n) is 5.22. The number of benzene rings is 4. The highest BCUT2D eigenvalue weighted by Gasteiger charge is 2.12. The fourth-order valence-corrected chi connectivity index (χ4v) is 4.00. The Morgan fingerprint density at radius 3 is 2.00 bits per heavy atom. The largest absolute Gasteiger partial charge is 0.256 e. The Morgan fingerprint density at radius 1 is 0.500 bits per heavy atom. The minimum Gasteiger partial charge on any atom is -0.256 e. The highest BCUT2D eigenvalue weighted by Crippen LogP contribution is 2.36. The summed E-state index contributed by atoms with van der Waals surface area (Å²) in [7, 11) is 0. The van der Waals surface area contributed by atoms with Gasteiger partial charge in [-0.05, 0) is 52.6 Å². The molecule has 0 spiro atoms. The molecule has 120 valence electrons. The molecule has 0 radical (unpaired) electrons. The number of pyridine rings is 2. The third-order valence-corrected chi connectivity index (χ3v) is 5.22. The molecule has 0 aliphatic heterocycles. The van der Waals surface area contributed by atoms with Crippen molar-refractivity contribution in [1.29, 1.82) is 0 Å². The normalized spacial score (nSPS) is 11.8. The molecule has 0 saturated carbocycles. The maximum absolute atomic E-state index is 5.00. The summed E-state index contributed by atoms with van der Waals surface area (Å²) in [5.41, 5.74) is 3.06. The molecule has 4 aromatic carbocycles. The van der Waals surface area contributed by atoms with Gasteiger partial charge in [-0.15, -0.1) is 0 Å². The van der Waals surface area contributed by atoms with Crippen LogP contribution in [0, 0.1) is 0 Å². The van der Waals surface area contributed by atoms with Crippen LogP contribution >= 0.6 is 0 Å². The second-order valence-electron chi connectivity index (χ2n) is 6.72. The van der Waals surface area contributed by atoms with E-state index in [1.807, 2.05) is 18.3 Å². The first-order valence-electron chi connectivity index (χ1n) is 8.77. The SMILES string of the molecule is c1ccc2cc3c(cc2c1)c1cc2ccccc2nc1c1cccnc31. The molecule has 0 fully saturated rings. The fraction of sp³-hybridized carbons (Fsp3) is 0. The molecule has 0 bridgehead atoms. The van der Waals surface area contributed by atoms with Gasteiger partial charge in [0, 0.05) is 27.7 Å². The van der Waals surface area contributed by atoms with Crippen LogP contribution in [0.4, 0.5) is 0 Å². The zero-order valence-electron chi connectivity index (χ0n) is 14.0. The molecule has 6 aromatic rings. The van der Waals surface area contributed by atoms with Crippen LogP contribution in [-0.2, 0) is 0 Å². The Hall–Kier alpha value is -3.52. The lowest BCUT2D eigenvalue weighted by atomic mass is 9.96. The summed E-state index contributed by atoms with van der Waals surface area (Å²) >= 11 is 0. The number of hydrogen-bond acceptors (Lipinski definition) is 2. The summed E-state index contributed by atoms with van der Waals surface area (Å²) in [6, 6.07) is 27.7. The minimum absolute atomic E-state index is 1.02. The van der Waals surface area contributed by atoms with Crippen molar-refractivity contribution < 1.29 is 0 Å². The third kappa shape index (κ3) is 1.81. The lowest BCUT2D eigenvalue weighted by molar-refractivity contribution is 1.42. The van der Waals surface area contributed by atoms with E-state index in [0.717, 1.165) is 27.3 Å². The number of para-hydroxylation sites is 1. The summed E-state index contributed by atoms with van der Waals surface area (Å²) in [5, 5.41) is 8.33. The summed E-state index contributed by atoms with van der Waals surface area (Å²) in [6.45, 7) is 0. The topological polar surface area (TPSA) is 25.8 Å². The maximum atomic E-state index is 5.00. The maximum Gasteiger partial charge on any atom is 0.0810 e.